The smallest absolute Gasteiger partial charge is 0.321 e. The van der Waals surface area contributed by atoms with Crippen molar-refractivity contribution in [3.63, 3.8) is 0 Å². The molecule has 0 fully saturated rings. The molecule has 0 unspecified atom stereocenters. The van der Waals surface area contributed by atoms with Gasteiger partial charge < -0.3 is 5.32 Å². The molecule has 0 spiro atoms. The Morgan fingerprint density at radius 2 is 2.09 bits per heavy atom. The fraction of sp³-hybridized carbons (Fsp3) is 0.188. The van der Waals surface area contributed by atoms with Crippen molar-refractivity contribution in [1.82, 2.24) is 15.3 Å². The molecule has 2 heterocycles. The third-order valence-corrected chi connectivity index (χ3v) is 4.09. The fourth-order valence-corrected chi connectivity index (χ4v) is 3.07. The molecule has 0 aliphatic rings. The van der Waals surface area contributed by atoms with Crippen molar-refractivity contribution < 1.29 is 4.79 Å². The van der Waals surface area contributed by atoms with E-state index in [1.807, 2.05) is 38.4 Å². The summed E-state index contributed by atoms with van der Waals surface area (Å²) in [6.07, 6.45) is 3.69. The number of aryl methyl sites for hydroxylation is 1. The molecule has 0 saturated heterocycles. The molecule has 1 aromatic carbocycles. The molecule has 0 radical (unpaired) electrons. The van der Waals surface area contributed by atoms with E-state index in [4.69, 9.17) is 0 Å². The molecular formula is C16H16N4OS. The summed E-state index contributed by atoms with van der Waals surface area (Å²) in [4.78, 5) is 20.2. The van der Waals surface area contributed by atoms with Gasteiger partial charge in [0.15, 0.2) is 5.13 Å². The van der Waals surface area contributed by atoms with Crippen LogP contribution in [0.5, 0.6) is 0 Å². The normalized spacial score (nSPS) is 10.6. The van der Waals surface area contributed by atoms with Gasteiger partial charge in [-0.25, -0.2) is 9.78 Å². The van der Waals surface area contributed by atoms with Gasteiger partial charge in [-0.05, 0) is 43.2 Å². The quantitative estimate of drug-likeness (QED) is 0.773. The number of benzene rings is 1. The number of nitrogens with zero attached hydrogens (tertiary/aromatic N) is 2. The zero-order chi connectivity index (χ0) is 15.5. The number of anilines is 1. The van der Waals surface area contributed by atoms with Crippen LogP contribution in [0.15, 0.2) is 36.7 Å². The van der Waals surface area contributed by atoms with Crippen LogP contribution in [0.2, 0.25) is 0 Å². The molecule has 6 heteroatoms. The molecule has 22 heavy (non-hydrogen) atoms. The Bertz CT molecular complexity index is 828. The average Bonchev–Trinajstić information content (AvgIpc) is 2.88. The van der Waals surface area contributed by atoms with E-state index in [1.165, 1.54) is 11.3 Å². The van der Waals surface area contributed by atoms with Crippen LogP contribution in [-0.4, -0.2) is 22.5 Å². The topological polar surface area (TPSA) is 66.9 Å². The minimum atomic E-state index is -0.232. The zero-order valence-corrected chi connectivity index (χ0v) is 13.2. The van der Waals surface area contributed by atoms with Crippen molar-refractivity contribution in [2.24, 2.45) is 0 Å². The first kappa shape index (κ1) is 14.5. The molecule has 0 saturated carbocycles. The van der Waals surface area contributed by atoms with E-state index < -0.39 is 0 Å². The van der Waals surface area contributed by atoms with Gasteiger partial charge in [0.2, 0.25) is 0 Å². The fourth-order valence-electron chi connectivity index (χ4n) is 2.17. The number of carbonyl (C=O) groups is 1. The van der Waals surface area contributed by atoms with Gasteiger partial charge >= 0.3 is 6.03 Å². The molecule has 3 aromatic rings. The van der Waals surface area contributed by atoms with E-state index in [9.17, 15) is 4.79 Å². The lowest BCUT2D eigenvalue weighted by Gasteiger charge is -2.01. The Kier molecular flexibility index (Phi) is 4.02. The highest BCUT2D eigenvalue weighted by Gasteiger charge is 2.08. The molecule has 5 nitrogen and oxygen atoms in total. The van der Waals surface area contributed by atoms with Gasteiger partial charge in [0, 0.05) is 24.5 Å². The maximum absolute atomic E-state index is 11.6. The third kappa shape index (κ3) is 3.07. The molecule has 2 amide bonds. The highest BCUT2D eigenvalue weighted by atomic mass is 32.1. The zero-order valence-electron chi connectivity index (χ0n) is 12.4. The van der Waals surface area contributed by atoms with Crippen LogP contribution in [0.25, 0.3) is 21.3 Å². The first-order valence-electron chi connectivity index (χ1n) is 7.03. The number of fused-ring (bicyclic) bond motifs is 1. The van der Waals surface area contributed by atoms with Crippen molar-refractivity contribution in [2.45, 2.75) is 13.8 Å². The number of hydrogen-bond donors (Lipinski definition) is 2. The largest absolute Gasteiger partial charge is 0.338 e. The number of urea groups is 1. The number of amides is 2. The summed E-state index contributed by atoms with van der Waals surface area (Å²) in [6, 6.07) is 7.93. The highest BCUT2D eigenvalue weighted by molar-refractivity contribution is 7.22. The molecule has 0 aliphatic heterocycles. The predicted octanol–water partition coefficient (Wildman–Crippen LogP) is 3.81. The van der Waals surface area contributed by atoms with E-state index in [2.05, 4.69) is 32.7 Å². The molecule has 2 aromatic heterocycles. The van der Waals surface area contributed by atoms with Crippen LogP contribution in [0, 0.1) is 6.92 Å². The van der Waals surface area contributed by atoms with Gasteiger partial charge in [-0.2, -0.15) is 0 Å². The first-order valence-corrected chi connectivity index (χ1v) is 7.85. The number of rotatable bonds is 3. The minimum Gasteiger partial charge on any atom is -0.338 e. The summed E-state index contributed by atoms with van der Waals surface area (Å²) in [5, 5.41) is 6.03. The summed E-state index contributed by atoms with van der Waals surface area (Å²) in [5.41, 5.74) is 4.17. The predicted molar refractivity (Wildman–Crippen MR) is 90.3 cm³/mol. The molecule has 0 atom stereocenters. The van der Waals surface area contributed by atoms with E-state index in [1.54, 1.807) is 0 Å². The Morgan fingerprint density at radius 3 is 2.86 bits per heavy atom. The van der Waals surface area contributed by atoms with E-state index in [0.717, 1.165) is 26.9 Å². The second kappa shape index (κ2) is 6.11. The number of carbonyl (C=O) groups excluding carboxylic acids is 1. The van der Waals surface area contributed by atoms with Crippen LogP contribution >= 0.6 is 11.3 Å². The number of nitrogens with one attached hydrogen (secondary N) is 2. The van der Waals surface area contributed by atoms with Crippen molar-refractivity contribution in [3.8, 4) is 11.1 Å². The summed E-state index contributed by atoms with van der Waals surface area (Å²) in [6.45, 7) is 4.48. The summed E-state index contributed by atoms with van der Waals surface area (Å²) in [5.74, 6) is 0. The number of thiazole rings is 1. The molecule has 2 N–H and O–H groups in total. The van der Waals surface area contributed by atoms with Gasteiger partial charge in [0.05, 0.1) is 10.2 Å². The van der Waals surface area contributed by atoms with Crippen molar-refractivity contribution in [1.29, 1.82) is 0 Å². The van der Waals surface area contributed by atoms with Crippen molar-refractivity contribution in [2.75, 3.05) is 11.9 Å². The lowest BCUT2D eigenvalue weighted by Crippen LogP contribution is -2.28. The molecule has 0 aliphatic carbocycles. The third-order valence-electron chi connectivity index (χ3n) is 3.15. The van der Waals surface area contributed by atoms with Gasteiger partial charge in [-0.3, -0.25) is 10.3 Å². The highest BCUT2D eigenvalue weighted by Crippen LogP contribution is 2.30. The van der Waals surface area contributed by atoms with E-state index in [-0.39, 0.29) is 6.03 Å². The molecule has 112 valence electrons. The van der Waals surface area contributed by atoms with Crippen LogP contribution < -0.4 is 10.6 Å². The minimum absolute atomic E-state index is 0.232. The Morgan fingerprint density at radius 1 is 1.23 bits per heavy atom. The monoisotopic (exact) mass is 312 g/mol. The lowest BCUT2D eigenvalue weighted by atomic mass is 10.1. The second-order valence-electron chi connectivity index (χ2n) is 4.94. The van der Waals surface area contributed by atoms with Crippen LogP contribution in [0.3, 0.4) is 0 Å². The number of pyridine rings is 1. The van der Waals surface area contributed by atoms with Crippen LogP contribution in [0.1, 0.15) is 12.5 Å². The summed E-state index contributed by atoms with van der Waals surface area (Å²) in [7, 11) is 0. The second-order valence-corrected chi connectivity index (χ2v) is 5.97. The molecule has 0 bridgehead atoms. The summed E-state index contributed by atoms with van der Waals surface area (Å²) < 4.78 is 1.03. The average molecular weight is 312 g/mol. The van der Waals surface area contributed by atoms with Crippen molar-refractivity contribution >= 4 is 32.7 Å². The molecular weight excluding hydrogens is 296 g/mol. The molecule has 3 rings (SSSR count). The SMILES string of the molecule is CCNC(=O)Nc1nc2ccc(-c3cncc(C)c3)cc2s1. The Hall–Kier alpha value is -2.47. The van der Waals surface area contributed by atoms with Gasteiger partial charge in [0.25, 0.3) is 0 Å². The van der Waals surface area contributed by atoms with E-state index in [0.29, 0.717) is 11.7 Å². The Balaban J connectivity index is 1.91. The maximum atomic E-state index is 11.6. The number of aromatic nitrogens is 2. The van der Waals surface area contributed by atoms with Crippen LogP contribution in [-0.2, 0) is 0 Å². The summed E-state index contributed by atoms with van der Waals surface area (Å²) >= 11 is 1.46. The maximum Gasteiger partial charge on any atom is 0.321 e. The first-order chi connectivity index (χ1) is 10.7. The van der Waals surface area contributed by atoms with E-state index >= 15 is 0 Å². The van der Waals surface area contributed by atoms with Gasteiger partial charge in [-0.15, -0.1) is 0 Å². The standard InChI is InChI=1S/C16H16N4OS/c1-3-18-15(21)20-16-19-13-5-4-11(7-14(13)22-16)12-6-10(2)8-17-9-12/h4-9H,3H2,1-2H3,(H2,18,19,20,21). The van der Waals surface area contributed by atoms with Gasteiger partial charge in [0.1, 0.15) is 0 Å². The number of hydrogen-bond acceptors (Lipinski definition) is 4. The Labute approximate surface area is 132 Å². The van der Waals surface area contributed by atoms with Gasteiger partial charge in [-0.1, -0.05) is 17.4 Å². The lowest BCUT2D eigenvalue weighted by molar-refractivity contribution is 0.252. The van der Waals surface area contributed by atoms with Crippen molar-refractivity contribution in [3.05, 3.63) is 42.2 Å². The van der Waals surface area contributed by atoms with Crippen LogP contribution in [0.4, 0.5) is 9.93 Å².